The first kappa shape index (κ1) is 15.9. The van der Waals surface area contributed by atoms with Crippen LogP contribution in [0.25, 0.3) is 0 Å². The van der Waals surface area contributed by atoms with Crippen molar-refractivity contribution >= 4 is 10.0 Å². The predicted molar refractivity (Wildman–Crippen MR) is 69.1 cm³/mol. The molecule has 0 saturated heterocycles. The average molecular weight is 250 g/mol. The maximum Gasteiger partial charge on any atom is 0.212 e. The van der Waals surface area contributed by atoms with Crippen molar-refractivity contribution in [2.24, 2.45) is 0 Å². The van der Waals surface area contributed by atoms with Crippen molar-refractivity contribution in [3.63, 3.8) is 0 Å². The van der Waals surface area contributed by atoms with E-state index in [2.05, 4.69) is 10.0 Å². The van der Waals surface area contributed by atoms with Gasteiger partial charge in [0.2, 0.25) is 10.0 Å². The van der Waals surface area contributed by atoms with Crippen molar-refractivity contribution in [1.29, 1.82) is 0 Å². The smallest absolute Gasteiger partial charge is 0.212 e. The van der Waals surface area contributed by atoms with Gasteiger partial charge in [0.25, 0.3) is 0 Å². The second kappa shape index (κ2) is 7.25. The van der Waals surface area contributed by atoms with Crippen LogP contribution in [0.4, 0.5) is 0 Å². The molecule has 0 aromatic heterocycles. The molecule has 2 N–H and O–H groups in total. The van der Waals surface area contributed by atoms with Gasteiger partial charge in [0.1, 0.15) is 0 Å². The molecule has 0 aromatic carbocycles. The third kappa shape index (κ3) is 5.27. The van der Waals surface area contributed by atoms with E-state index < -0.39 is 10.0 Å². The highest BCUT2D eigenvalue weighted by Gasteiger charge is 2.28. The Balaban J connectivity index is 4.42. The quantitative estimate of drug-likeness (QED) is 0.610. The number of rotatable bonds is 9. The van der Waals surface area contributed by atoms with E-state index in [1.807, 2.05) is 27.8 Å². The van der Waals surface area contributed by atoms with Crippen molar-refractivity contribution in [1.82, 2.24) is 10.0 Å². The fourth-order valence-corrected chi connectivity index (χ4v) is 3.51. The third-order valence-corrected chi connectivity index (χ3v) is 4.81. The van der Waals surface area contributed by atoms with Gasteiger partial charge in [-0.05, 0) is 39.3 Å². The SMILES string of the molecule is CCC(CC)(CC)NS(=O)(=O)CCCNC. The molecule has 0 rings (SSSR count). The zero-order valence-corrected chi connectivity index (χ0v) is 11.8. The first-order valence-electron chi connectivity index (χ1n) is 6.11. The van der Waals surface area contributed by atoms with Crippen LogP contribution in [0.3, 0.4) is 0 Å². The van der Waals surface area contributed by atoms with Crippen LogP contribution in [0, 0.1) is 0 Å². The first-order valence-corrected chi connectivity index (χ1v) is 7.76. The van der Waals surface area contributed by atoms with Gasteiger partial charge in [-0.3, -0.25) is 0 Å². The Morgan fingerprint density at radius 3 is 1.94 bits per heavy atom. The molecule has 0 aromatic rings. The lowest BCUT2D eigenvalue weighted by Gasteiger charge is -2.31. The van der Waals surface area contributed by atoms with Crippen LogP contribution >= 0.6 is 0 Å². The number of hydrogen-bond donors (Lipinski definition) is 2. The molecular formula is C11H26N2O2S. The van der Waals surface area contributed by atoms with Crippen LogP contribution in [-0.2, 0) is 10.0 Å². The summed E-state index contributed by atoms with van der Waals surface area (Å²) in [5.74, 6) is 0.204. The zero-order chi connectivity index (χ0) is 12.7. The lowest BCUT2D eigenvalue weighted by molar-refractivity contribution is 0.341. The molecule has 0 unspecified atom stereocenters. The summed E-state index contributed by atoms with van der Waals surface area (Å²) >= 11 is 0. The average Bonchev–Trinajstić information content (AvgIpc) is 2.26. The van der Waals surface area contributed by atoms with E-state index in [0.29, 0.717) is 6.42 Å². The summed E-state index contributed by atoms with van der Waals surface area (Å²) in [4.78, 5) is 0. The molecule has 16 heavy (non-hydrogen) atoms. The maximum absolute atomic E-state index is 11.9. The minimum Gasteiger partial charge on any atom is -0.320 e. The van der Waals surface area contributed by atoms with Crippen LogP contribution in [0.2, 0.25) is 0 Å². The number of hydrogen-bond acceptors (Lipinski definition) is 3. The van der Waals surface area contributed by atoms with Crippen LogP contribution in [0.15, 0.2) is 0 Å². The van der Waals surface area contributed by atoms with E-state index in [0.717, 1.165) is 25.8 Å². The number of nitrogens with one attached hydrogen (secondary N) is 2. The Morgan fingerprint density at radius 1 is 1.06 bits per heavy atom. The molecule has 4 nitrogen and oxygen atoms in total. The highest BCUT2D eigenvalue weighted by Crippen LogP contribution is 2.20. The largest absolute Gasteiger partial charge is 0.320 e. The second-order valence-corrected chi connectivity index (χ2v) is 6.06. The summed E-state index contributed by atoms with van der Waals surface area (Å²) in [6, 6.07) is 0. The molecule has 0 amide bonds. The lowest BCUT2D eigenvalue weighted by Crippen LogP contribution is -2.48. The molecule has 0 atom stereocenters. The Kier molecular flexibility index (Phi) is 7.19. The van der Waals surface area contributed by atoms with Gasteiger partial charge in [-0.1, -0.05) is 20.8 Å². The molecule has 0 radical (unpaired) electrons. The standard InChI is InChI=1S/C11H26N2O2S/c1-5-11(6-2,7-3)13-16(14,15)10-8-9-12-4/h12-13H,5-10H2,1-4H3. The molecule has 5 heteroatoms. The van der Waals surface area contributed by atoms with Gasteiger partial charge < -0.3 is 5.32 Å². The van der Waals surface area contributed by atoms with Gasteiger partial charge in [-0.15, -0.1) is 0 Å². The van der Waals surface area contributed by atoms with E-state index in [-0.39, 0.29) is 11.3 Å². The Labute approximate surface area is 100 Å². The molecule has 0 bridgehead atoms. The molecule has 0 fully saturated rings. The van der Waals surface area contributed by atoms with Crippen molar-refractivity contribution in [3.8, 4) is 0 Å². The summed E-state index contributed by atoms with van der Waals surface area (Å²) in [6.07, 6.45) is 3.17. The Morgan fingerprint density at radius 2 is 1.56 bits per heavy atom. The summed E-state index contributed by atoms with van der Waals surface area (Å²) in [5, 5.41) is 2.95. The third-order valence-electron chi connectivity index (χ3n) is 3.24. The van der Waals surface area contributed by atoms with Crippen molar-refractivity contribution in [2.45, 2.75) is 52.0 Å². The van der Waals surface area contributed by atoms with Gasteiger partial charge in [-0.2, -0.15) is 0 Å². The predicted octanol–water partition coefficient (Wildman–Crippen LogP) is 1.48. The van der Waals surface area contributed by atoms with Crippen LogP contribution < -0.4 is 10.0 Å². The van der Waals surface area contributed by atoms with Crippen molar-refractivity contribution < 1.29 is 8.42 Å². The minimum atomic E-state index is -3.14. The maximum atomic E-state index is 11.9. The van der Waals surface area contributed by atoms with E-state index >= 15 is 0 Å². The zero-order valence-electron chi connectivity index (χ0n) is 11.0. The topological polar surface area (TPSA) is 58.2 Å². The van der Waals surface area contributed by atoms with E-state index in [9.17, 15) is 8.42 Å². The summed E-state index contributed by atoms with van der Waals surface area (Å²) in [6.45, 7) is 6.83. The van der Waals surface area contributed by atoms with Gasteiger partial charge in [-0.25, -0.2) is 13.1 Å². The van der Waals surface area contributed by atoms with Gasteiger partial charge >= 0.3 is 0 Å². The molecule has 0 aliphatic heterocycles. The van der Waals surface area contributed by atoms with Gasteiger partial charge in [0.05, 0.1) is 5.75 Å². The van der Waals surface area contributed by atoms with E-state index in [1.54, 1.807) is 0 Å². The molecule has 0 saturated carbocycles. The summed E-state index contributed by atoms with van der Waals surface area (Å²) in [5.41, 5.74) is -0.252. The van der Waals surface area contributed by atoms with Crippen LogP contribution in [-0.4, -0.2) is 33.3 Å². The van der Waals surface area contributed by atoms with E-state index in [4.69, 9.17) is 0 Å². The Hall–Kier alpha value is -0.130. The van der Waals surface area contributed by atoms with Crippen LogP contribution in [0.1, 0.15) is 46.5 Å². The summed E-state index contributed by atoms with van der Waals surface area (Å²) < 4.78 is 26.6. The summed E-state index contributed by atoms with van der Waals surface area (Å²) in [7, 11) is -1.31. The fourth-order valence-electron chi connectivity index (χ4n) is 1.79. The molecule has 0 heterocycles. The molecule has 98 valence electrons. The highest BCUT2D eigenvalue weighted by molar-refractivity contribution is 7.89. The molecule has 0 spiro atoms. The Bertz CT molecular complexity index is 263. The lowest BCUT2D eigenvalue weighted by atomic mass is 9.91. The second-order valence-electron chi connectivity index (χ2n) is 4.22. The monoisotopic (exact) mass is 250 g/mol. The molecular weight excluding hydrogens is 224 g/mol. The first-order chi connectivity index (χ1) is 7.45. The molecule has 0 aliphatic carbocycles. The fraction of sp³-hybridized carbons (Fsp3) is 1.00. The minimum absolute atomic E-state index is 0.204. The van der Waals surface area contributed by atoms with Crippen LogP contribution in [0.5, 0.6) is 0 Å². The highest BCUT2D eigenvalue weighted by atomic mass is 32.2. The number of sulfonamides is 1. The van der Waals surface area contributed by atoms with Gasteiger partial charge in [0.15, 0.2) is 0 Å². The normalized spacial score (nSPS) is 13.0. The van der Waals surface area contributed by atoms with Gasteiger partial charge in [0, 0.05) is 5.54 Å². The van der Waals surface area contributed by atoms with Crippen molar-refractivity contribution in [2.75, 3.05) is 19.3 Å². The van der Waals surface area contributed by atoms with Crippen molar-refractivity contribution in [3.05, 3.63) is 0 Å². The molecule has 0 aliphatic rings. The van der Waals surface area contributed by atoms with E-state index in [1.165, 1.54) is 0 Å².